The van der Waals surface area contributed by atoms with Crippen LogP contribution in [0.3, 0.4) is 0 Å². The van der Waals surface area contributed by atoms with Crippen LogP contribution in [0.25, 0.3) is 0 Å². The number of hydrogen-bond acceptors (Lipinski definition) is 4. The number of nitrogens with zero attached hydrogens (tertiary/aromatic N) is 2. The maximum absolute atomic E-state index is 5.51. The number of aromatic nitrogens is 2. The van der Waals surface area contributed by atoms with Crippen LogP contribution in [0.2, 0.25) is 0 Å². The fraction of sp³-hybridized carbons (Fsp3) is 0.667. The topological polar surface area (TPSA) is 65.1 Å². The van der Waals surface area contributed by atoms with E-state index in [1.807, 2.05) is 27.1 Å². The van der Waals surface area contributed by atoms with Crippen LogP contribution in [0.1, 0.15) is 25.5 Å². The van der Waals surface area contributed by atoms with Crippen molar-refractivity contribution in [3.8, 4) is 0 Å². The number of aryl methyl sites for hydroxylation is 1. The molecule has 0 saturated heterocycles. The Hall–Kier alpha value is -0.910. The molecule has 0 bridgehead atoms. The second-order valence-electron chi connectivity index (χ2n) is 3.85. The third-order valence-electron chi connectivity index (χ3n) is 2.45. The van der Waals surface area contributed by atoms with Crippen LogP contribution in [0.4, 0.5) is 0 Å². The van der Waals surface area contributed by atoms with Crippen molar-refractivity contribution in [1.29, 1.82) is 0 Å². The molecule has 0 aliphatic rings. The minimum Gasteiger partial charge on any atom is -0.377 e. The van der Waals surface area contributed by atoms with E-state index in [0.29, 0.717) is 0 Å². The molecular weight excluding hydrogens is 180 g/mol. The van der Waals surface area contributed by atoms with Crippen molar-refractivity contribution >= 4 is 0 Å². The van der Waals surface area contributed by atoms with Gasteiger partial charge in [0.15, 0.2) is 0 Å². The van der Waals surface area contributed by atoms with Crippen LogP contribution < -0.4 is 11.3 Å². The molecule has 0 aromatic carbocycles. The zero-order valence-corrected chi connectivity index (χ0v) is 9.11. The van der Waals surface area contributed by atoms with E-state index in [2.05, 4.69) is 10.5 Å². The Kier molecular flexibility index (Phi) is 3.25. The lowest BCUT2D eigenvalue weighted by atomic mass is 9.94. The van der Waals surface area contributed by atoms with Crippen molar-refractivity contribution in [2.45, 2.75) is 25.5 Å². The molecule has 3 N–H and O–H groups in total. The summed E-state index contributed by atoms with van der Waals surface area (Å²) in [5.74, 6) is 5.51. The number of methoxy groups -OCH3 is 1. The Labute approximate surface area is 84.2 Å². The van der Waals surface area contributed by atoms with Crippen molar-refractivity contribution in [3.63, 3.8) is 0 Å². The van der Waals surface area contributed by atoms with Gasteiger partial charge in [-0.3, -0.25) is 10.5 Å². The Morgan fingerprint density at radius 3 is 2.64 bits per heavy atom. The van der Waals surface area contributed by atoms with Gasteiger partial charge < -0.3 is 4.74 Å². The zero-order valence-electron chi connectivity index (χ0n) is 9.11. The lowest BCUT2D eigenvalue weighted by molar-refractivity contribution is -0.0111. The summed E-state index contributed by atoms with van der Waals surface area (Å²) in [4.78, 5) is 0. The Bertz CT molecular complexity index is 295. The molecule has 0 amide bonds. The summed E-state index contributed by atoms with van der Waals surface area (Å²) in [6.45, 7) is 3.95. The number of ether oxygens (including phenoxy) is 1. The van der Waals surface area contributed by atoms with Gasteiger partial charge in [0.25, 0.3) is 0 Å². The van der Waals surface area contributed by atoms with Crippen molar-refractivity contribution in [1.82, 2.24) is 15.2 Å². The smallest absolute Gasteiger partial charge is 0.0830 e. The standard InChI is InChI=1S/C9H18N4O/c1-9(2,14-4)8(12-10)7-5-11-13(3)6-7/h5-6,8,12H,10H2,1-4H3. The molecule has 0 aliphatic heterocycles. The Morgan fingerprint density at radius 2 is 2.29 bits per heavy atom. The molecule has 5 heteroatoms. The monoisotopic (exact) mass is 198 g/mol. The SMILES string of the molecule is COC(C)(C)C(NN)c1cnn(C)c1. The molecular formula is C9H18N4O. The molecule has 1 unspecified atom stereocenters. The minimum absolute atomic E-state index is 0.0683. The summed E-state index contributed by atoms with van der Waals surface area (Å²) in [5.41, 5.74) is 3.40. The van der Waals surface area contributed by atoms with E-state index in [1.54, 1.807) is 18.0 Å². The zero-order chi connectivity index (χ0) is 10.8. The van der Waals surface area contributed by atoms with Crippen LogP contribution in [0.15, 0.2) is 12.4 Å². The van der Waals surface area contributed by atoms with E-state index >= 15 is 0 Å². The van der Waals surface area contributed by atoms with Gasteiger partial charge in [-0.05, 0) is 13.8 Å². The van der Waals surface area contributed by atoms with Crippen LogP contribution in [-0.2, 0) is 11.8 Å². The van der Waals surface area contributed by atoms with Crippen LogP contribution >= 0.6 is 0 Å². The first-order chi connectivity index (χ1) is 6.51. The summed E-state index contributed by atoms with van der Waals surface area (Å²) in [5, 5.41) is 4.10. The molecule has 0 spiro atoms. The van der Waals surface area contributed by atoms with E-state index in [4.69, 9.17) is 10.6 Å². The third-order valence-corrected chi connectivity index (χ3v) is 2.45. The predicted molar refractivity (Wildman–Crippen MR) is 54.4 cm³/mol. The molecule has 5 nitrogen and oxygen atoms in total. The molecule has 0 aliphatic carbocycles. The van der Waals surface area contributed by atoms with Crippen LogP contribution in [0, 0.1) is 0 Å². The van der Waals surface area contributed by atoms with Crippen molar-refractivity contribution < 1.29 is 4.74 Å². The molecule has 14 heavy (non-hydrogen) atoms. The highest BCUT2D eigenvalue weighted by Crippen LogP contribution is 2.26. The summed E-state index contributed by atoms with van der Waals surface area (Å²) < 4.78 is 7.12. The average Bonchev–Trinajstić information content (AvgIpc) is 2.53. The largest absolute Gasteiger partial charge is 0.377 e. The van der Waals surface area contributed by atoms with Crippen LogP contribution in [0.5, 0.6) is 0 Å². The lowest BCUT2D eigenvalue weighted by Crippen LogP contribution is -2.43. The van der Waals surface area contributed by atoms with Crippen LogP contribution in [-0.4, -0.2) is 22.5 Å². The fourth-order valence-electron chi connectivity index (χ4n) is 1.41. The highest BCUT2D eigenvalue weighted by molar-refractivity contribution is 5.14. The number of hydrogen-bond donors (Lipinski definition) is 2. The molecule has 1 heterocycles. The van der Waals surface area contributed by atoms with Gasteiger partial charge in [0.05, 0.1) is 17.8 Å². The Balaban J connectivity index is 2.92. The summed E-state index contributed by atoms with van der Waals surface area (Å²) >= 11 is 0. The molecule has 0 radical (unpaired) electrons. The highest BCUT2D eigenvalue weighted by Gasteiger charge is 2.30. The molecule has 1 rings (SSSR count). The maximum Gasteiger partial charge on any atom is 0.0830 e. The van der Waals surface area contributed by atoms with Gasteiger partial charge in [-0.25, -0.2) is 5.43 Å². The maximum atomic E-state index is 5.51. The minimum atomic E-state index is -0.363. The molecule has 0 saturated carbocycles. The summed E-state index contributed by atoms with van der Waals surface area (Å²) in [7, 11) is 3.54. The predicted octanol–water partition coefficient (Wildman–Crippen LogP) is 0.350. The number of rotatable bonds is 4. The fourth-order valence-corrected chi connectivity index (χ4v) is 1.41. The first kappa shape index (κ1) is 11.2. The van der Waals surface area contributed by atoms with E-state index in [-0.39, 0.29) is 11.6 Å². The lowest BCUT2D eigenvalue weighted by Gasteiger charge is -2.31. The van der Waals surface area contributed by atoms with Gasteiger partial charge in [-0.15, -0.1) is 0 Å². The quantitative estimate of drug-likeness (QED) is 0.541. The molecule has 1 atom stereocenters. The third kappa shape index (κ3) is 2.12. The number of nitrogens with two attached hydrogens (primary N) is 1. The highest BCUT2D eigenvalue weighted by atomic mass is 16.5. The van der Waals surface area contributed by atoms with Crippen molar-refractivity contribution in [2.24, 2.45) is 12.9 Å². The first-order valence-electron chi connectivity index (χ1n) is 4.51. The van der Waals surface area contributed by atoms with Gasteiger partial charge in [-0.2, -0.15) is 5.10 Å². The van der Waals surface area contributed by atoms with E-state index in [0.717, 1.165) is 5.56 Å². The number of hydrazine groups is 1. The molecule has 1 aromatic rings. The van der Waals surface area contributed by atoms with Gasteiger partial charge in [0, 0.05) is 25.9 Å². The second-order valence-corrected chi connectivity index (χ2v) is 3.85. The summed E-state index contributed by atoms with van der Waals surface area (Å²) in [6.07, 6.45) is 3.70. The average molecular weight is 198 g/mol. The van der Waals surface area contributed by atoms with Gasteiger partial charge >= 0.3 is 0 Å². The first-order valence-corrected chi connectivity index (χ1v) is 4.51. The van der Waals surface area contributed by atoms with Gasteiger partial charge in [0.2, 0.25) is 0 Å². The normalized spacial score (nSPS) is 14.4. The second kappa shape index (κ2) is 4.08. The van der Waals surface area contributed by atoms with E-state index < -0.39 is 0 Å². The molecule has 0 fully saturated rings. The van der Waals surface area contributed by atoms with E-state index in [1.165, 1.54) is 0 Å². The van der Waals surface area contributed by atoms with Gasteiger partial charge in [-0.1, -0.05) is 0 Å². The van der Waals surface area contributed by atoms with Crippen molar-refractivity contribution in [2.75, 3.05) is 7.11 Å². The van der Waals surface area contributed by atoms with Gasteiger partial charge in [0.1, 0.15) is 0 Å². The number of nitrogens with one attached hydrogen (secondary N) is 1. The molecule has 1 aromatic heterocycles. The Morgan fingerprint density at radius 1 is 1.64 bits per heavy atom. The molecule has 80 valence electrons. The van der Waals surface area contributed by atoms with E-state index in [9.17, 15) is 0 Å². The summed E-state index contributed by atoms with van der Waals surface area (Å²) in [6, 6.07) is -0.0683. The van der Waals surface area contributed by atoms with Crippen molar-refractivity contribution in [3.05, 3.63) is 18.0 Å².